The van der Waals surface area contributed by atoms with Gasteiger partial charge in [0.25, 0.3) is 0 Å². The van der Waals surface area contributed by atoms with Crippen molar-refractivity contribution in [3.63, 3.8) is 0 Å². The second kappa shape index (κ2) is 24.2. The van der Waals surface area contributed by atoms with Crippen LogP contribution in [0.2, 0.25) is 0 Å². The van der Waals surface area contributed by atoms with Crippen molar-refractivity contribution in [1.29, 1.82) is 0 Å². The van der Waals surface area contributed by atoms with Crippen molar-refractivity contribution in [2.45, 2.75) is 104 Å². The maximum absolute atomic E-state index is 12.8. The van der Waals surface area contributed by atoms with Gasteiger partial charge in [0.05, 0.1) is 121 Å². The second-order valence-electron chi connectivity index (χ2n) is 23.3. The molecule has 14 atom stereocenters. The molecule has 21 heteroatoms. The Morgan fingerprint density at radius 1 is 0.576 bits per heavy atom. The van der Waals surface area contributed by atoms with Crippen molar-refractivity contribution < 1.29 is 83.2 Å². The lowest BCUT2D eigenvalue weighted by Gasteiger charge is -2.64. The van der Waals surface area contributed by atoms with Crippen LogP contribution < -0.4 is 0 Å². The lowest BCUT2D eigenvalue weighted by atomic mass is 9.43. The molecule has 0 amide bonds. The van der Waals surface area contributed by atoms with Crippen molar-refractivity contribution >= 4 is 23.5 Å². The Morgan fingerprint density at radius 3 is 1.50 bits per heavy atom. The largest absolute Gasteiger partial charge is 0.472 e. The first-order valence-corrected chi connectivity index (χ1v) is 29.0. The third-order valence-electron chi connectivity index (χ3n) is 15.3. The summed E-state index contributed by atoms with van der Waals surface area (Å²) in [5.74, 6) is 1.76. The van der Waals surface area contributed by atoms with Gasteiger partial charge in [-0.1, -0.05) is 40.5 Å². The molecule has 390 valence electrons. The zero-order valence-electron chi connectivity index (χ0n) is 43.0. The molecule has 3 N–H and O–H groups in total. The van der Waals surface area contributed by atoms with E-state index in [0.717, 1.165) is 57.8 Å². The summed E-state index contributed by atoms with van der Waals surface area (Å²) in [6, 6.07) is 0. The summed E-state index contributed by atoms with van der Waals surface area (Å²) in [6.07, 6.45) is 8.01. The normalized spacial score (nSPS) is 33.8. The fourth-order valence-electron chi connectivity index (χ4n) is 11.8. The minimum atomic E-state index is -4.28. The van der Waals surface area contributed by atoms with Crippen molar-refractivity contribution in [2.75, 3.05) is 143 Å². The lowest BCUT2D eigenvalue weighted by molar-refractivity contribution is -0.870. The molecule has 4 aliphatic carbocycles. The van der Waals surface area contributed by atoms with E-state index in [4.69, 9.17) is 41.4 Å². The number of likely N-dealkylation sites (N-methyl/N-ethyl adjacent to an activating group) is 3. The molecule has 4 saturated carbocycles. The van der Waals surface area contributed by atoms with Gasteiger partial charge in [-0.3, -0.25) is 27.1 Å². The molecule has 18 nitrogen and oxygen atoms in total. The Hall–Kier alpha value is 0.0900. The monoisotopic (exact) mass is 1010 g/mol. The molecule has 4 aliphatic rings. The first kappa shape index (κ1) is 58.7. The Kier molecular flexibility index (Phi) is 21.5. The van der Waals surface area contributed by atoms with Gasteiger partial charge in [-0.15, -0.1) is 0 Å². The van der Waals surface area contributed by atoms with E-state index in [1.807, 2.05) is 63.4 Å². The van der Waals surface area contributed by atoms with Gasteiger partial charge >= 0.3 is 23.5 Å². The van der Waals surface area contributed by atoms with Gasteiger partial charge in [-0.05, 0) is 85.9 Å². The van der Waals surface area contributed by atoms with Gasteiger partial charge in [0.15, 0.2) is 0 Å². The molecule has 0 aromatic rings. The highest BCUT2D eigenvalue weighted by atomic mass is 31.2. The highest BCUT2D eigenvalue weighted by Gasteiger charge is 2.66. The second-order valence-corrected chi connectivity index (χ2v) is 27.6. The van der Waals surface area contributed by atoms with E-state index >= 15 is 0 Å². The smallest absolute Gasteiger partial charge is 0.376 e. The van der Waals surface area contributed by atoms with E-state index in [0.29, 0.717) is 44.9 Å². The van der Waals surface area contributed by atoms with Crippen LogP contribution in [0.25, 0.3) is 0 Å². The van der Waals surface area contributed by atoms with Crippen molar-refractivity contribution in [3.05, 3.63) is 0 Å². The maximum atomic E-state index is 12.8. The minimum Gasteiger partial charge on any atom is -0.376 e. The molecule has 0 radical (unpaired) electrons. The number of fused-ring (bicyclic) bond motifs is 5. The highest BCUT2D eigenvalue weighted by molar-refractivity contribution is 7.47. The van der Waals surface area contributed by atoms with Crippen LogP contribution in [0, 0.1) is 46.3 Å². The summed E-state index contributed by atoms with van der Waals surface area (Å²) in [5.41, 5.74) is -0.284. The summed E-state index contributed by atoms with van der Waals surface area (Å²) in [4.78, 5) is 31.2. The predicted octanol–water partition coefficient (Wildman–Crippen LogP) is 6.98. The van der Waals surface area contributed by atoms with Crippen LogP contribution in [0.5, 0.6) is 0 Å². The SMILES string of the molecule is CCC[C@@H](C)[C@H]1CC[C@H]2[C@@H]3[C@H](OCCOP(=O)(O)OCC[N+](C)(C)C)C[C@@H]4C[C@H](OCCOP(=O)(O)OCC[N+](C)(C)C)CC[C@]4(C)[C@H]3C[C@H](OCCOP(=O)(O)OCC[N+](C)(C)C)[C@]12C. The number of phosphoric acid groups is 3. The first-order valence-electron chi connectivity index (χ1n) is 24.5. The van der Waals surface area contributed by atoms with E-state index in [9.17, 15) is 28.4 Å². The van der Waals surface area contributed by atoms with Crippen molar-refractivity contribution in [1.82, 2.24) is 0 Å². The van der Waals surface area contributed by atoms with E-state index in [1.165, 1.54) is 0 Å². The van der Waals surface area contributed by atoms with Gasteiger partial charge in [0.2, 0.25) is 0 Å². The molecular formula is C45H93N3O15P3+3. The van der Waals surface area contributed by atoms with Gasteiger partial charge < -0.3 is 42.3 Å². The maximum Gasteiger partial charge on any atom is 0.472 e. The molecule has 0 aromatic carbocycles. The van der Waals surface area contributed by atoms with Crippen LogP contribution >= 0.6 is 23.5 Å². The van der Waals surface area contributed by atoms with Crippen molar-refractivity contribution in [3.8, 4) is 0 Å². The van der Waals surface area contributed by atoms with Gasteiger partial charge in [-0.2, -0.15) is 0 Å². The summed E-state index contributed by atoms with van der Waals surface area (Å²) in [5, 5.41) is 0. The highest BCUT2D eigenvalue weighted by Crippen LogP contribution is 2.69. The molecule has 0 bridgehead atoms. The molecular weight excluding hydrogens is 915 g/mol. The van der Waals surface area contributed by atoms with Crippen LogP contribution in [-0.2, 0) is 55.0 Å². The minimum absolute atomic E-state index is 0.0739. The topological polar surface area (TPSA) is 195 Å². The van der Waals surface area contributed by atoms with Crippen LogP contribution in [0.15, 0.2) is 0 Å². The predicted molar refractivity (Wildman–Crippen MR) is 253 cm³/mol. The van der Waals surface area contributed by atoms with E-state index in [1.54, 1.807) is 0 Å². The molecule has 0 saturated heterocycles. The Labute approximate surface area is 398 Å². The molecule has 0 heterocycles. The fraction of sp³-hybridized carbons (Fsp3) is 1.00. The average Bonchev–Trinajstić information content (AvgIpc) is 3.53. The summed E-state index contributed by atoms with van der Waals surface area (Å²) < 4.78 is 92.1. The molecule has 0 aromatic heterocycles. The number of rotatable bonds is 30. The fourth-order valence-corrected chi connectivity index (χ4v) is 13.8. The lowest BCUT2D eigenvalue weighted by Crippen LogP contribution is -2.63. The Balaban J connectivity index is 1.53. The number of quaternary nitrogens is 3. The standard InChI is InChI=1S/C45H90N3O15P3/c1-14-15-35(2)38-16-17-39-43-40(34-42(45(38,39)4)57-28-31-63-66(53,54)60-25-22-48(11,12)13)44(3)19-18-37(55-26-29-61-64(49,50)58-23-20-46(5,6)7)32-36(44)33-41(43)56-27-30-62-65(51,52)59-24-21-47(8,9)10/h35-43H,14-34H2,1-13H3/p+3/t35-,36+,37-,38-,39+,40+,41-,42+,43+,44+,45-/m1/s1. The van der Waals surface area contributed by atoms with Crippen LogP contribution in [-0.4, -0.2) is 189 Å². The molecule has 0 spiro atoms. The third kappa shape index (κ3) is 17.7. The molecule has 0 aliphatic heterocycles. The summed E-state index contributed by atoms with van der Waals surface area (Å²) in [7, 11) is 5.06. The first-order chi connectivity index (χ1) is 30.4. The molecule has 4 rings (SSSR count). The van der Waals surface area contributed by atoms with E-state index in [-0.39, 0.29) is 112 Å². The average molecular weight is 1010 g/mol. The number of hydrogen-bond donors (Lipinski definition) is 3. The zero-order chi connectivity index (χ0) is 49.4. The number of phosphoric ester groups is 3. The van der Waals surface area contributed by atoms with Gasteiger partial charge in [0, 0.05) is 5.41 Å². The number of ether oxygens (including phenoxy) is 3. The molecule has 3 unspecified atom stereocenters. The number of hydrogen-bond acceptors (Lipinski definition) is 12. The van der Waals surface area contributed by atoms with Crippen molar-refractivity contribution in [2.24, 2.45) is 46.3 Å². The van der Waals surface area contributed by atoms with Gasteiger partial charge in [0.1, 0.15) is 39.5 Å². The quantitative estimate of drug-likeness (QED) is 0.0379. The zero-order valence-corrected chi connectivity index (χ0v) is 45.7. The van der Waals surface area contributed by atoms with Crippen LogP contribution in [0.3, 0.4) is 0 Å². The van der Waals surface area contributed by atoms with Crippen LogP contribution in [0.4, 0.5) is 0 Å². The van der Waals surface area contributed by atoms with E-state index < -0.39 is 23.5 Å². The molecule has 66 heavy (non-hydrogen) atoms. The van der Waals surface area contributed by atoms with E-state index in [2.05, 4.69) is 27.7 Å². The Bertz CT molecular complexity index is 1640. The summed E-state index contributed by atoms with van der Waals surface area (Å²) in [6.45, 7) is 11.5. The Morgan fingerprint density at radius 2 is 1.03 bits per heavy atom. The third-order valence-corrected chi connectivity index (χ3v) is 18.3. The van der Waals surface area contributed by atoms with Gasteiger partial charge in [-0.25, -0.2) is 13.7 Å². The van der Waals surface area contributed by atoms with Crippen LogP contribution in [0.1, 0.15) is 85.5 Å². The number of nitrogens with zero attached hydrogens (tertiary/aromatic N) is 3. The summed E-state index contributed by atoms with van der Waals surface area (Å²) >= 11 is 0. The molecule has 4 fully saturated rings.